The highest BCUT2D eigenvalue weighted by atomic mass is 35.5. The zero-order valence-corrected chi connectivity index (χ0v) is 15.1. The molecule has 0 spiro atoms. The van der Waals surface area contributed by atoms with Gasteiger partial charge in [0, 0.05) is 17.6 Å². The van der Waals surface area contributed by atoms with Crippen LogP contribution >= 0.6 is 11.6 Å². The molecule has 1 unspecified atom stereocenters. The number of nitrogens with one attached hydrogen (secondary N) is 1. The smallest absolute Gasteiger partial charge is 0.317 e. The number of piperidine rings is 1. The van der Waals surface area contributed by atoms with Gasteiger partial charge < -0.3 is 15.0 Å². The molecule has 128 valence electrons. The van der Waals surface area contributed by atoms with Crippen LogP contribution in [0.3, 0.4) is 0 Å². The summed E-state index contributed by atoms with van der Waals surface area (Å²) in [5.74, 6) is 0.794. The summed E-state index contributed by atoms with van der Waals surface area (Å²) in [6, 6.07) is 4.26. The van der Waals surface area contributed by atoms with Crippen LogP contribution in [-0.2, 0) is 0 Å². The number of hydrogen-bond acceptors (Lipinski definition) is 2. The molecule has 0 bridgehead atoms. The van der Waals surface area contributed by atoms with Gasteiger partial charge in [-0.1, -0.05) is 18.5 Å². The molecule has 1 aliphatic rings. The first-order valence-electron chi connectivity index (χ1n) is 8.47. The summed E-state index contributed by atoms with van der Waals surface area (Å²) in [6.07, 6.45) is 4.46. The lowest BCUT2D eigenvalue weighted by Crippen LogP contribution is -2.49. The van der Waals surface area contributed by atoms with Gasteiger partial charge in [0.25, 0.3) is 0 Å². The summed E-state index contributed by atoms with van der Waals surface area (Å²) >= 11 is 6.15. The Bertz CT molecular complexity index is 525. The Labute approximate surface area is 144 Å². The first-order chi connectivity index (χ1) is 11.0. The van der Waals surface area contributed by atoms with E-state index in [9.17, 15) is 4.79 Å². The Hall–Kier alpha value is -1.42. The van der Waals surface area contributed by atoms with Gasteiger partial charge in [-0.05, 0) is 62.8 Å². The van der Waals surface area contributed by atoms with E-state index in [2.05, 4.69) is 12.2 Å². The number of rotatable bonds is 5. The molecule has 1 N–H and O–H groups in total. The molecular weight excluding hydrogens is 312 g/mol. The van der Waals surface area contributed by atoms with Gasteiger partial charge in [0.15, 0.2) is 0 Å². The van der Waals surface area contributed by atoms with E-state index >= 15 is 0 Å². The van der Waals surface area contributed by atoms with Gasteiger partial charge in [-0.3, -0.25) is 0 Å². The topological polar surface area (TPSA) is 41.6 Å². The monoisotopic (exact) mass is 338 g/mol. The number of carbonyl (C=O) groups is 1. The minimum atomic E-state index is 0.0311. The van der Waals surface area contributed by atoms with Gasteiger partial charge in [0.05, 0.1) is 6.54 Å². The van der Waals surface area contributed by atoms with Gasteiger partial charge in [0.2, 0.25) is 0 Å². The minimum Gasteiger partial charge on any atom is -0.492 e. The van der Waals surface area contributed by atoms with Crippen molar-refractivity contribution in [2.24, 2.45) is 0 Å². The number of halogens is 1. The van der Waals surface area contributed by atoms with Crippen LogP contribution in [0.25, 0.3) is 0 Å². The van der Waals surface area contributed by atoms with Crippen LogP contribution in [0.2, 0.25) is 5.02 Å². The first-order valence-corrected chi connectivity index (χ1v) is 8.84. The fourth-order valence-electron chi connectivity index (χ4n) is 3.11. The molecule has 2 rings (SSSR count). The molecule has 2 amide bonds. The Morgan fingerprint density at radius 3 is 2.70 bits per heavy atom. The minimum absolute atomic E-state index is 0.0311. The van der Waals surface area contributed by atoms with E-state index in [1.807, 2.05) is 30.9 Å². The zero-order chi connectivity index (χ0) is 16.8. The van der Waals surface area contributed by atoms with Gasteiger partial charge in [-0.25, -0.2) is 4.79 Å². The fraction of sp³-hybridized carbons (Fsp3) is 0.611. The molecule has 0 saturated carbocycles. The van der Waals surface area contributed by atoms with Crippen LogP contribution in [0.15, 0.2) is 12.1 Å². The maximum atomic E-state index is 12.3. The summed E-state index contributed by atoms with van der Waals surface area (Å²) < 4.78 is 5.72. The maximum Gasteiger partial charge on any atom is 0.317 e. The number of likely N-dealkylation sites (tertiary alicyclic amines) is 1. The lowest BCUT2D eigenvalue weighted by atomic mass is 10.0. The standard InChI is InChI=1S/C18H27ClN2O2/c1-4-15-7-5-6-9-21(15)18(22)20-8-10-23-16-11-13(2)17(19)14(3)12-16/h11-12,15H,4-10H2,1-3H3,(H,20,22). The molecule has 5 heteroatoms. The van der Waals surface area contributed by atoms with E-state index in [0.717, 1.165) is 47.7 Å². The number of urea groups is 1. The van der Waals surface area contributed by atoms with Crippen molar-refractivity contribution in [3.63, 3.8) is 0 Å². The normalized spacial score (nSPS) is 17.9. The van der Waals surface area contributed by atoms with Crippen molar-refractivity contribution in [1.82, 2.24) is 10.2 Å². The molecule has 0 radical (unpaired) electrons. The second-order valence-electron chi connectivity index (χ2n) is 6.20. The lowest BCUT2D eigenvalue weighted by Gasteiger charge is -2.35. The van der Waals surface area contributed by atoms with Crippen molar-refractivity contribution in [2.75, 3.05) is 19.7 Å². The zero-order valence-electron chi connectivity index (χ0n) is 14.3. The summed E-state index contributed by atoms with van der Waals surface area (Å²) in [5, 5.41) is 3.74. The Morgan fingerprint density at radius 2 is 2.04 bits per heavy atom. The van der Waals surface area contributed by atoms with E-state index < -0.39 is 0 Å². The lowest BCUT2D eigenvalue weighted by molar-refractivity contribution is 0.147. The van der Waals surface area contributed by atoms with E-state index in [0.29, 0.717) is 19.2 Å². The first kappa shape index (κ1) is 17.9. The predicted octanol–water partition coefficient (Wildman–Crippen LogP) is 4.31. The third-order valence-corrected chi connectivity index (χ3v) is 5.01. The number of carbonyl (C=O) groups excluding carboxylic acids is 1. The molecule has 1 aromatic rings. The number of benzene rings is 1. The van der Waals surface area contributed by atoms with Crippen LogP contribution in [0.5, 0.6) is 5.75 Å². The molecule has 1 atom stereocenters. The summed E-state index contributed by atoms with van der Waals surface area (Å²) in [5.41, 5.74) is 2.01. The number of amides is 2. The molecule has 1 aliphatic heterocycles. The number of ether oxygens (including phenoxy) is 1. The van der Waals surface area contributed by atoms with Crippen LogP contribution < -0.4 is 10.1 Å². The van der Waals surface area contributed by atoms with Crippen molar-refractivity contribution in [2.45, 2.75) is 52.5 Å². The van der Waals surface area contributed by atoms with Gasteiger partial charge in [-0.2, -0.15) is 0 Å². The van der Waals surface area contributed by atoms with Crippen LogP contribution in [0.1, 0.15) is 43.7 Å². The molecule has 1 fully saturated rings. The predicted molar refractivity (Wildman–Crippen MR) is 94.5 cm³/mol. The second-order valence-corrected chi connectivity index (χ2v) is 6.58. The van der Waals surface area contributed by atoms with Gasteiger partial charge >= 0.3 is 6.03 Å². The molecule has 4 nitrogen and oxygen atoms in total. The van der Waals surface area contributed by atoms with Crippen molar-refractivity contribution in [3.8, 4) is 5.75 Å². The molecule has 23 heavy (non-hydrogen) atoms. The highest BCUT2D eigenvalue weighted by Crippen LogP contribution is 2.25. The molecule has 0 aromatic heterocycles. The summed E-state index contributed by atoms with van der Waals surface area (Å²) in [6.45, 7) is 7.89. The van der Waals surface area contributed by atoms with Gasteiger partial charge in [-0.15, -0.1) is 0 Å². The van der Waals surface area contributed by atoms with Crippen molar-refractivity contribution < 1.29 is 9.53 Å². The number of hydrogen-bond donors (Lipinski definition) is 1. The summed E-state index contributed by atoms with van der Waals surface area (Å²) in [4.78, 5) is 14.2. The highest BCUT2D eigenvalue weighted by Gasteiger charge is 2.24. The fourth-order valence-corrected chi connectivity index (χ4v) is 3.22. The van der Waals surface area contributed by atoms with Crippen molar-refractivity contribution in [3.05, 3.63) is 28.3 Å². The Kier molecular flexibility index (Phi) is 6.58. The quantitative estimate of drug-likeness (QED) is 0.813. The molecule has 1 heterocycles. The van der Waals surface area contributed by atoms with Crippen LogP contribution in [0.4, 0.5) is 4.79 Å². The van der Waals surface area contributed by atoms with Crippen LogP contribution in [-0.4, -0.2) is 36.7 Å². The summed E-state index contributed by atoms with van der Waals surface area (Å²) in [7, 11) is 0. The van der Waals surface area contributed by atoms with E-state index in [-0.39, 0.29) is 6.03 Å². The average Bonchev–Trinajstić information content (AvgIpc) is 2.56. The third-order valence-electron chi connectivity index (χ3n) is 4.42. The van der Waals surface area contributed by atoms with Crippen LogP contribution in [0, 0.1) is 13.8 Å². The number of aryl methyl sites for hydroxylation is 2. The molecule has 1 saturated heterocycles. The van der Waals surface area contributed by atoms with E-state index in [1.165, 1.54) is 6.42 Å². The Balaban J connectivity index is 1.77. The number of nitrogens with zero attached hydrogens (tertiary/aromatic N) is 1. The third kappa shape index (κ3) is 4.77. The molecule has 0 aliphatic carbocycles. The van der Waals surface area contributed by atoms with Gasteiger partial charge in [0.1, 0.15) is 12.4 Å². The highest BCUT2D eigenvalue weighted by molar-refractivity contribution is 6.32. The second kappa shape index (κ2) is 8.44. The van der Waals surface area contributed by atoms with E-state index in [4.69, 9.17) is 16.3 Å². The molecule has 1 aromatic carbocycles. The van der Waals surface area contributed by atoms with Crippen molar-refractivity contribution in [1.29, 1.82) is 0 Å². The largest absolute Gasteiger partial charge is 0.492 e. The van der Waals surface area contributed by atoms with E-state index in [1.54, 1.807) is 0 Å². The van der Waals surface area contributed by atoms with Crippen molar-refractivity contribution >= 4 is 17.6 Å². The maximum absolute atomic E-state index is 12.3. The average molecular weight is 339 g/mol. The SMILES string of the molecule is CCC1CCCCN1C(=O)NCCOc1cc(C)c(Cl)c(C)c1. The Morgan fingerprint density at radius 1 is 1.35 bits per heavy atom. The molecular formula is C18H27ClN2O2.